The van der Waals surface area contributed by atoms with Crippen molar-refractivity contribution >= 4 is 15.9 Å². The van der Waals surface area contributed by atoms with Crippen molar-refractivity contribution in [2.75, 3.05) is 12.1 Å². The number of hydrogen-bond donors (Lipinski definition) is 1. The predicted octanol–water partition coefficient (Wildman–Crippen LogP) is 1.23. The SMILES string of the molecule is OCC1(c2ncc(OCBr)cn2)CC1. The van der Waals surface area contributed by atoms with E-state index in [2.05, 4.69) is 25.9 Å². The smallest absolute Gasteiger partial charge is 0.157 e. The van der Waals surface area contributed by atoms with E-state index in [9.17, 15) is 0 Å². The lowest BCUT2D eigenvalue weighted by Crippen LogP contribution is -2.15. The Morgan fingerprint density at radius 3 is 2.50 bits per heavy atom. The summed E-state index contributed by atoms with van der Waals surface area (Å²) < 4.78 is 5.16. The number of aromatic nitrogens is 2. The molecule has 0 unspecified atom stereocenters. The van der Waals surface area contributed by atoms with Crippen molar-refractivity contribution in [2.24, 2.45) is 0 Å². The van der Waals surface area contributed by atoms with Crippen LogP contribution in [-0.4, -0.2) is 27.2 Å². The monoisotopic (exact) mass is 258 g/mol. The van der Waals surface area contributed by atoms with Crippen LogP contribution in [0.2, 0.25) is 0 Å². The van der Waals surface area contributed by atoms with E-state index in [1.165, 1.54) is 0 Å². The standard InChI is InChI=1S/C9H11BrN2O2/c10-6-14-7-3-11-8(12-4-7)9(5-13)1-2-9/h3-4,13H,1-2,5-6H2. The van der Waals surface area contributed by atoms with Crippen LogP contribution < -0.4 is 4.74 Å². The van der Waals surface area contributed by atoms with E-state index in [1.807, 2.05) is 0 Å². The molecular formula is C9H11BrN2O2. The van der Waals surface area contributed by atoms with Crippen LogP contribution in [0.4, 0.5) is 0 Å². The van der Waals surface area contributed by atoms with E-state index in [0.717, 1.165) is 18.7 Å². The Morgan fingerprint density at radius 1 is 1.43 bits per heavy atom. The Balaban J connectivity index is 2.14. The van der Waals surface area contributed by atoms with Gasteiger partial charge in [-0.15, -0.1) is 0 Å². The van der Waals surface area contributed by atoms with E-state index >= 15 is 0 Å². The molecule has 1 aliphatic carbocycles. The van der Waals surface area contributed by atoms with Crippen molar-refractivity contribution < 1.29 is 9.84 Å². The Bertz CT molecular complexity index is 311. The number of nitrogens with zero attached hydrogens (tertiary/aromatic N) is 2. The zero-order valence-corrected chi connectivity index (χ0v) is 9.20. The van der Waals surface area contributed by atoms with Crippen molar-refractivity contribution in [1.82, 2.24) is 9.97 Å². The molecule has 1 saturated carbocycles. The maximum atomic E-state index is 9.16. The van der Waals surface area contributed by atoms with Gasteiger partial charge >= 0.3 is 0 Å². The fraction of sp³-hybridized carbons (Fsp3) is 0.556. The number of halogens is 1. The third-order valence-corrected chi connectivity index (χ3v) is 2.71. The van der Waals surface area contributed by atoms with E-state index in [0.29, 0.717) is 11.3 Å². The summed E-state index contributed by atoms with van der Waals surface area (Å²) in [6.07, 6.45) is 5.23. The summed E-state index contributed by atoms with van der Waals surface area (Å²) in [6.45, 7) is 0.131. The molecule has 1 aromatic heterocycles. The summed E-state index contributed by atoms with van der Waals surface area (Å²) in [6, 6.07) is 0. The van der Waals surface area contributed by atoms with E-state index in [-0.39, 0.29) is 12.0 Å². The molecule has 0 bridgehead atoms. The van der Waals surface area contributed by atoms with E-state index in [1.54, 1.807) is 12.4 Å². The highest BCUT2D eigenvalue weighted by Gasteiger charge is 2.46. The molecule has 1 heterocycles. The van der Waals surface area contributed by atoms with Crippen LogP contribution >= 0.6 is 15.9 Å². The second-order valence-corrected chi connectivity index (χ2v) is 3.89. The molecule has 1 fully saturated rings. The number of alkyl halides is 1. The van der Waals surface area contributed by atoms with Gasteiger partial charge in [0, 0.05) is 0 Å². The van der Waals surface area contributed by atoms with Gasteiger partial charge in [0.2, 0.25) is 0 Å². The second kappa shape index (κ2) is 3.82. The first-order valence-electron chi connectivity index (χ1n) is 4.43. The topological polar surface area (TPSA) is 55.2 Å². The van der Waals surface area contributed by atoms with Crippen LogP contribution in [0, 0.1) is 0 Å². The molecule has 1 aliphatic rings. The van der Waals surface area contributed by atoms with E-state index < -0.39 is 0 Å². The summed E-state index contributed by atoms with van der Waals surface area (Å²) in [5.74, 6) is 1.36. The highest BCUT2D eigenvalue weighted by atomic mass is 79.9. The Labute approximate surface area is 90.5 Å². The summed E-state index contributed by atoms with van der Waals surface area (Å²) >= 11 is 3.15. The molecule has 14 heavy (non-hydrogen) atoms. The molecule has 0 spiro atoms. The van der Waals surface area contributed by atoms with Gasteiger partial charge in [-0.1, -0.05) is 0 Å². The molecule has 0 radical (unpaired) electrons. The average molecular weight is 259 g/mol. The van der Waals surface area contributed by atoms with Crippen LogP contribution in [0.15, 0.2) is 12.4 Å². The van der Waals surface area contributed by atoms with Gasteiger partial charge in [-0.2, -0.15) is 0 Å². The minimum atomic E-state index is -0.160. The maximum Gasteiger partial charge on any atom is 0.157 e. The zero-order valence-electron chi connectivity index (χ0n) is 7.61. The van der Waals surface area contributed by atoms with Gasteiger partial charge in [0.1, 0.15) is 11.3 Å². The Morgan fingerprint density at radius 2 is 2.07 bits per heavy atom. The first-order valence-corrected chi connectivity index (χ1v) is 5.55. The molecule has 4 nitrogen and oxygen atoms in total. The van der Waals surface area contributed by atoms with Crippen molar-refractivity contribution in [3.05, 3.63) is 18.2 Å². The first kappa shape index (κ1) is 9.86. The van der Waals surface area contributed by atoms with E-state index in [4.69, 9.17) is 9.84 Å². The molecular weight excluding hydrogens is 248 g/mol. The fourth-order valence-corrected chi connectivity index (χ4v) is 1.60. The summed E-state index contributed by atoms with van der Waals surface area (Å²) in [7, 11) is 0. The molecule has 2 rings (SSSR count). The molecule has 1 N–H and O–H groups in total. The number of rotatable bonds is 4. The average Bonchev–Trinajstić information content (AvgIpc) is 3.00. The lowest BCUT2D eigenvalue weighted by molar-refractivity contribution is 0.249. The van der Waals surface area contributed by atoms with Crippen LogP contribution in [0.1, 0.15) is 18.7 Å². The number of ether oxygens (including phenoxy) is 1. The molecule has 76 valence electrons. The quantitative estimate of drug-likeness (QED) is 0.826. The number of aliphatic hydroxyl groups excluding tert-OH is 1. The number of hydrogen-bond acceptors (Lipinski definition) is 4. The highest BCUT2D eigenvalue weighted by molar-refractivity contribution is 9.09. The van der Waals surface area contributed by atoms with Gasteiger partial charge in [0.05, 0.1) is 24.4 Å². The van der Waals surface area contributed by atoms with Crippen LogP contribution in [-0.2, 0) is 5.41 Å². The van der Waals surface area contributed by atoms with Gasteiger partial charge in [-0.3, -0.25) is 0 Å². The van der Waals surface area contributed by atoms with Gasteiger partial charge in [0.25, 0.3) is 0 Å². The summed E-state index contributed by atoms with van der Waals surface area (Å²) in [5.41, 5.74) is 0.272. The third-order valence-electron chi connectivity index (χ3n) is 2.48. The number of aliphatic hydroxyl groups is 1. The minimum Gasteiger partial charge on any atom is -0.479 e. The lowest BCUT2D eigenvalue weighted by atomic mass is 10.1. The molecule has 0 saturated heterocycles. The predicted molar refractivity (Wildman–Crippen MR) is 54.5 cm³/mol. The maximum absolute atomic E-state index is 9.16. The lowest BCUT2D eigenvalue weighted by Gasteiger charge is -2.09. The van der Waals surface area contributed by atoms with Crippen LogP contribution in [0.5, 0.6) is 5.75 Å². The minimum absolute atomic E-state index is 0.131. The molecule has 0 aliphatic heterocycles. The third kappa shape index (κ3) is 1.74. The first-order chi connectivity index (χ1) is 6.80. The van der Waals surface area contributed by atoms with Crippen LogP contribution in [0.25, 0.3) is 0 Å². The summed E-state index contributed by atoms with van der Waals surface area (Å²) in [4.78, 5) is 8.37. The molecule has 0 atom stereocenters. The van der Waals surface area contributed by atoms with Crippen molar-refractivity contribution in [2.45, 2.75) is 18.3 Å². The molecule has 0 amide bonds. The zero-order chi connectivity index (χ0) is 10.0. The molecule has 1 aromatic rings. The Hall–Kier alpha value is -0.680. The highest BCUT2D eigenvalue weighted by Crippen LogP contribution is 2.45. The van der Waals surface area contributed by atoms with Crippen LogP contribution in [0.3, 0.4) is 0 Å². The van der Waals surface area contributed by atoms with Crippen molar-refractivity contribution in [3.63, 3.8) is 0 Å². The van der Waals surface area contributed by atoms with Gasteiger partial charge < -0.3 is 9.84 Å². The Kier molecular flexibility index (Phi) is 2.69. The molecule has 5 heteroatoms. The van der Waals surface area contributed by atoms with Gasteiger partial charge in [0.15, 0.2) is 5.75 Å². The van der Waals surface area contributed by atoms with Gasteiger partial charge in [-0.25, -0.2) is 9.97 Å². The fourth-order valence-electron chi connectivity index (χ4n) is 1.33. The van der Waals surface area contributed by atoms with Gasteiger partial charge in [-0.05, 0) is 28.8 Å². The second-order valence-electron chi connectivity index (χ2n) is 3.43. The van der Waals surface area contributed by atoms with Crippen molar-refractivity contribution in [1.29, 1.82) is 0 Å². The summed E-state index contributed by atoms with van der Waals surface area (Å²) in [5, 5.41) is 9.16. The largest absolute Gasteiger partial charge is 0.479 e. The van der Waals surface area contributed by atoms with Crippen molar-refractivity contribution in [3.8, 4) is 5.75 Å². The normalized spacial score (nSPS) is 17.9. The molecule has 0 aromatic carbocycles.